The number of benzene rings is 1. The molecule has 0 spiro atoms. The Morgan fingerprint density at radius 3 is 2.38 bits per heavy atom. The number of allylic oxidation sites excluding steroid dienone is 1. The van der Waals surface area contributed by atoms with Crippen molar-refractivity contribution in [3.8, 4) is 5.75 Å². The van der Waals surface area contributed by atoms with E-state index in [1.165, 1.54) is 5.56 Å². The van der Waals surface area contributed by atoms with E-state index in [0.29, 0.717) is 0 Å². The fourth-order valence-electron chi connectivity index (χ4n) is 2.13. The molecule has 0 radical (unpaired) electrons. The predicted molar refractivity (Wildman–Crippen MR) is 93.0 cm³/mol. The van der Waals surface area contributed by atoms with Gasteiger partial charge in [0, 0.05) is 12.7 Å². The zero-order chi connectivity index (χ0) is 16.3. The highest BCUT2D eigenvalue weighted by Gasteiger charge is 2.15. The van der Waals surface area contributed by atoms with Crippen LogP contribution in [-0.4, -0.2) is 20.8 Å². The number of methoxy groups -OCH3 is 2. The molecule has 0 aliphatic heterocycles. The number of hydrogen-bond acceptors (Lipinski definition) is 2. The average Bonchev–Trinajstić information content (AvgIpc) is 2.46. The summed E-state index contributed by atoms with van der Waals surface area (Å²) in [6, 6.07) is 6.23. The molecule has 2 nitrogen and oxygen atoms in total. The van der Waals surface area contributed by atoms with Crippen LogP contribution >= 0.6 is 0 Å². The zero-order valence-corrected chi connectivity index (χ0v) is 14.8. The van der Waals surface area contributed by atoms with Gasteiger partial charge in [-0.25, -0.2) is 0 Å². The van der Waals surface area contributed by atoms with Gasteiger partial charge >= 0.3 is 0 Å². The first kappa shape index (κ1) is 19.7. The lowest BCUT2D eigenvalue weighted by molar-refractivity contribution is 0.0990. The van der Waals surface area contributed by atoms with E-state index >= 15 is 0 Å². The number of aryl methyl sites for hydroxylation is 1. The molecular formula is C19H32O2. The van der Waals surface area contributed by atoms with E-state index in [-0.39, 0.29) is 5.41 Å². The minimum atomic E-state index is 0.232. The van der Waals surface area contributed by atoms with Gasteiger partial charge in [0.25, 0.3) is 0 Å². The van der Waals surface area contributed by atoms with Crippen molar-refractivity contribution >= 4 is 6.08 Å². The molecule has 0 amide bonds. The molecular weight excluding hydrogens is 260 g/mol. The van der Waals surface area contributed by atoms with Crippen molar-refractivity contribution in [1.82, 2.24) is 0 Å². The standard InChI is InChI=1S/C17H26O2.C2H6/c1-14-9-10-16(19-5)15(12-14)8-6-7-11-17(2,3)13-18-4;1-2/h6,8-10,12H,7,11,13H2,1-5H3;1-2H3/b8-6+;. The second-order valence-corrected chi connectivity index (χ2v) is 5.78. The Morgan fingerprint density at radius 2 is 1.81 bits per heavy atom. The van der Waals surface area contributed by atoms with Gasteiger partial charge in [-0.3, -0.25) is 0 Å². The highest BCUT2D eigenvalue weighted by atomic mass is 16.5. The van der Waals surface area contributed by atoms with E-state index in [9.17, 15) is 0 Å². The van der Waals surface area contributed by atoms with Gasteiger partial charge in [0.2, 0.25) is 0 Å². The van der Waals surface area contributed by atoms with Crippen molar-refractivity contribution in [3.63, 3.8) is 0 Å². The molecule has 0 fully saturated rings. The molecule has 0 saturated heterocycles. The van der Waals surface area contributed by atoms with Crippen LogP contribution in [0.15, 0.2) is 24.3 Å². The summed E-state index contributed by atoms with van der Waals surface area (Å²) in [4.78, 5) is 0. The maximum Gasteiger partial charge on any atom is 0.126 e. The Balaban J connectivity index is 0.00000191. The lowest BCUT2D eigenvalue weighted by Crippen LogP contribution is -2.17. The van der Waals surface area contributed by atoms with Crippen molar-refractivity contribution < 1.29 is 9.47 Å². The lowest BCUT2D eigenvalue weighted by Gasteiger charge is -2.22. The maximum absolute atomic E-state index is 5.37. The summed E-state index contributed by atoms with van der Waals surface area (Å²) < 4.78 is 10.6. The Labute approximate surface area is 131 Å². The predicted octanol–water partition coefficient (Wildman–Crippen LogP) is 5.50. The second kappa shape index (κ2) is 10.4. The van der Waals surface area contributed by atoms with Gasteiger partial charge in [-0.15, -0.1) is 0 Å². The van der Waals surface area contributed by atoms with Gasteiger partial charge in [-0.1, -0.05) is 51.5 Å². The molecule has 0 N–H and O–H groups in total. The zero-order valence-electron chi connectivity index (χ0n) is 14.8. The molecule has 0 heterocycles. The Morgan fingerprint density at radius 1 is 1.14 bits per heavy atom. The highest BCUT2D eigenvalue weighted by Crippen LogP contribution is 2.24. The summed E-state index contributed by atoms with van der Waals surface area (Å²) in [5, 5.41) is 0. The summed E-state index contributed by atoms with van der Waals surface area (Å²) in [5.74, 6) is 0.929. The smallest absolute Gasteiger partial charge is 0.126 e. The molecule has 0 aromatic heterocycles. The van der Waals surface area contributed by atoms with Gasteiger partial charge < -0.3 is 9.47 Å². The van der Waals surface area contributed by atoms with Crippen LogP contribution in [0.2, 0.25) is 0 Å². The van der Waals surface area contributed by atoms with Crippen LogP contribution in [0.4, 0.5) is 0 Å². The number of ether oxygens (including phenoxy) is 2. The third-order valence-electron chi connectivity index (χ3n) is 3.21. The second-order valence-electron chi connectivity index (χ2n) is 5.78. The molecule has 0 unspecified atom stereocenters. The molecule has 0 atom stereocenters. The Hall–Kier alpha value is -1.28. The Kier molecular flexibility index (Phi) is 9.81. The SMILES string of the molecule is CC.COCC(C)(C)CC/C=C/c1cc(C)ccc1OC. The van der Waals surface area contributed by atoms with Crippen molar-refractivity contribution in [2.24, 2.45) is 5.41 Å². The van der Waals surface area contributed by atoms with Gasteiger partial charge in [0.15, 0.2) is 0 Å². The van der Waals surface area contributed by atoms with Crippen LogP contribution in [0.25, 0.3) is 6.08 Å². The molecule has 0 saturated carbocycles. The first-order valence-electron chi connectivity index (χ1n) is 7.78. The number of hydrogen-bond donors (Lipinski definition) is 0. The van der Waals surface area contributed by atoms with Gasteiger partial charge in [-0.05, 0) is 37.3 Å². The van der Waals surface area contributed by atoms with Crippen LogP contribution in [-0.2, 0) is 4.74 Å². The molecule has 1 rings (SSSR count). The van der Waals surface area contributed by atoms with Crippen LogP contribution in [0.5, 0.6) is 5.75 Å². The van der Waals surface area contributed by atoms with Crippen molar-refractivity contribution in [1.29, 1.82) is 0 Å². The normalized spacial score (nSPS) is 11.2. The first-order valence-corrected chi connectivity index (χ1v) is 7.78. The third-order valence-corrected chi connectivity index (χ3v) is 3.21. The lowest BCUT2D eigenvalue weighted by atomic mass is 9.89. The largest absolute Gasteiger partial charge is 0.496 e. The summed E-state index contributed by atoms with van der Waals surface area (Å²) in [7, 11) is 3.47. The van der Waals surface area contributed by atoms with Gasteiger partial charge in [0.05, 0.1) is 13.7 Å². The number of rotatable bonds is 7. The van der Waals surface area contributed by atoms with Crippen LogP contribution in [0.1, 0.15) is 51.7 Å². The quantitative estimate of drug-likeness (QED) is 0.661. The highest BCUT2D eigenvalue weighted by molar-refractivity contribution is 5.58. The van der Waals surface area contributed by atoms with Crippen molar-refractivity contribution in [3.05, 3.63) is 35.4 Å². The van der Waals surface area contributed by atoms with Crippen LogP contribution < -0.4 is 4.74 Å². The minimum absolute atomic E-state index is 0.232. The molecule has 0 aliphatic carbocycles. The average molecular weight is 292 g/mol. The molecule has 2 heteroatoms. The summed E-state index contributed by atoms with van der Waals surface area (Å²) in [6.45, 7) is 11.4. The maximum atomic E-state index is 5.37. The van der Waals surface area contributed by atoms with E-state index in [2.05, 4.69) is 45.1 Å². The summed E-state index contributed by atoms with van der Waals surface area (Å²) in [5.41, 5.74) is 2.63. The van der Waals surface area contributed by atoms with E-state index < -0.39 is 0 Å². The van der Waals surface area contributed by atoms with Crippen LogP contribution in [0, 0.1) is 12.3 Å². The van der Waals surface area contributed by atoms with E-state index in [1.807, 2.05) is 19.9 Å². The fraction of sp³-hybridized carbons (Fsp3) is 0.579. The van der Waals surface area contributed by atoms with Gasteiger partial charge in [-0.2, -0.15) is 0 Å². The van der Waals surface area contributed by atoms with E-state index in [1.54, 1.807) is 14.2 Å². The first-order chi connectivity index (χ1) is 9.98. The molecule has 0 aliphatic rings. The van der Waals surface area contributed by atoms with E-state index in [4.69, 9.17) is 9.47 Å². The van der Waals surface area contributed by atoms with Gasteiger partial charge in [0.1, 0.15) is 5.75 Å². The molecule has 0 bridgehead atoms. The Bertz CT molecular complexity index is 420. The fourth-order valence-corrected chi connectivity index (χ4v) is 2.13. The molecule has 21 heavy (non-hydrogen) atoms. The van der Waals surface area contributed by atoms with Crippen molar-refractivity contribution in [2.75, 3.05) is 20.8 Å². The third kappa shape index (κ3) is 7.91. The summed E-state index contributed by atoms with van der Waals surface area (Å²) >= 11 is 0. The van der Waals surface area contributed by atoms with Crippen molar-refractivity contribution in [2.45, 2.75) is 47.5 Å². The monoisotopic (exact) mass is 292 g/mol. The van der Waals surface area contributed by atoms with Crippen LogP contribution in [0.3, 0.4) is 0 Å². The molecule has 1 aromatic rings. The minimum Gasteiger partial charge on any atom is -0.496 e. The molecule has 1 aromatic carbocycles. The molecule has 120 valence electrons. The topological polar surface area (TPSA) is 18.5 Å². The summed E-state index contributed by atoms with van der Waals surface area (Å²) in [6.07, 6.45) is 6.53. The van der Waals surface area contributed by atoms with E-state index in [0.717, 1.165) is 30.8 Å².